The smallest absolute Gasteiger partial charge is 0.272 e. The standard InChI is InChI=1S/C11H22OSi/c1-8-12-13(9(2)3,10(4)5)11(6)7/h1,9-11H,2-7H3. The van der Waals surface area contributed by atoms with E-state index in [1.807, 2.05) is 0 Å². The third-order valence-corrected chi connectivity index (χ3v) is 8.83. The van der Waals surface area contributed by atoms with E-state index in [0.29, 0.717) is 16.6 Å². The highest BCUT2D eigenvalue weighted by Gasteiger charge is 2.46. The fourth-order valence-corrected chi connectivity index (χ4v) is 7.37. The van der Waals surface area contributed by atoms with Gasteiger partial charge in [0.25, 0.3) is 8.32 Å². The zero-order valence-corrected chi connectivity index (χ0v) is 10.7. The lowest BCUT2D eigenvalue weighted by Gasteiger charge is -2.39. The average molecular weight is 198 g/mol. The zero-order valence-electron chi connectivity index (χ0n) is 9.72. The molecule has 0 aromatic rings. The quantitative estimate of drug-likeness (QED) is 0.493. The van der Waals surface area contributed by atoms with Gasteiger partial charge in [0.2, 0.25) is 0 Å². The molecule has 13 heavy (non-hydrogen) atoms. The van der Waals surface area contributed by atoms with Crippen LogP contribution in [0.25, 0.3) is 0 Å². The number of terminal acetylenes is 1. The molecule has 0 radical (unpaired) electrons. The highest BCUT2D eigenvalue weighted by atomic mass is 28.4. The number of hydrogen-bond acceptors (Lipinski definition) is 1. The van der Waals surface area contributed by atoms with E-state index in [1.165, 1.54) is 0 Å². The molecular formula is C11H22OSi. The van der Waals surface area contributed by atoms with Crippen LogP contribution in [0.1, 0.15) is 41.5 Å². The van der Waals surface area contributed by atoms with Gasteiger partial charge in [-0.05, 0) is 16.6 Å². The molecule has 0 rings (SSSR count). The molecule has 0 aromatic carbocycles. The van der Waals surface area contributed by atoms with Gasteiger partial charge in [-0.1, -0.05) is 48.0 Å². The molecule has 0 saturated carbocycles. The Hall–Kier alpha value is -0.423. The van der Waals surface area contributed by atoms with Crippen molar-refractivity contribution in [3.8, 4) is 12.5 Å². The molecule has 0 aliphatic carbocycles. The second-order valence-electron chi connectivity index (χ2n) is 4.54. The molecule has 0 aromatic heterocycles. The summed E-state index contributed by atoms with van der Waals surface area (Å²) in [6.45, 7) is 13.4. The molecular weight excluding hydrogens is 176 g/mol. The predicted molar refractivity (Wildman–Crippen MR) is 61.0 cm³/mol. The first kappa shape index (κ1) is 12.6. The molecule has 0 atom stereocenters. The summed E-state index contributed by atoms with van der Waals surface area (Å²) in [4.78, 5) is 0. The largest absolute Gasteiger partial charge is 0.500 e. The van der Waals surface area contributed by atoms with Crippen molar-refractivity contribution < 1.29 is 4.43 Å². The molecule has 0 heterocycles. The Morgan fingerprint density at radius 2 is 1.23 bits per heavy atom. The molecule has 1 nitrogen and oxygen atoms in total. The molecule has 0 N–H and O–H groups in total. The van der Waals surface area contributed by atoms with Crippen molar-refractivity contribution in [1.82, 2.24) is 0 Å². The van der Waals surface area contributed by atoms with Crippen LogP contribution in [0.5, 0.6) is 0 Å². The maximum atomic E-state index is 5.68. The van der Waals surface area contributed by atoms with Gasteiger partial charge in [0.1, 0.15) is 0 Å². The SMILES string of the molecule is C#CO[Si](C(C)C)(C(C)C)C(C)C. The van der Waals surface area contributed by atoms with E-state index in [1.54, 1.807) is 0 Å². The van der Waals surface area contributed by atoms with Crippen molar-refractivity contribution in [1.29, 1.82) is 0 Å². The third kappa shape index (κ3) is 2.28. The van der Waals surface area contributed by atoms with Crippen LogP contribution in [0.2, 0.25) is 16.6 Å². The summed E-state index contributed by atoms with van der Waals surface area (Å²) >= 11 is 0. The lowest BCUT2D eigenvalue weighted by Crippen LogP contribution is -2.46. The Morgan fingerprint density at radius 3 is 1.31 bits per heavy atom. The molecule has 0 saturated heterocycles. The van der Waals surface area contributed by atoms with E-state index < -0.39 is 8.32 Å². The summed E-state index contributed by atoms with van der Waals surface area (Å²) in [5.74, 6) is 0. The van der Waals surface area contributed by atoms with Crippen molar-refractivity contribution in [2.45, 2.75) is 58.2 Å². The van der Waals surface area contributed by atoms with Crippen molar-refractivity contribution in [3.05, 3.63) is 0 Å². The minimum absolute atomic E-state index is 0.573. The van der Waals surface area contributed by atoms with Crippen molar-refractivity contribution >= 4 is 8.32 Å². The van der Waals surface area contributed by atoms with E-state index in [9.17, 15) is 0 Å². The zero-order chi connectivity index (χ0) is 10.6. The van der Waals surface area contributed by atoms with Gasteiger partial charge in [-0.25, -0.2) is 0 Å². The molecule has 76 valence electrons. The molecule has 2 heteroatoms. The topological polar surface area (TPSA) is 9.23 Å². The van der Waals surface area contributed by atoms with Gasteiger partial charge in [-0.3, -0.25) is 0 Å². The van der Waals surface area contributed by atoms with Gasteiger partial charge in [0, 0.05) is 0 Å². The minimum Gasteiger partial charge on any atom is -0.500 e. The molecule has 0 spiro atoms. The molecule has 0 bridgehead atoms. The monoisotopic (exact) mass is 198 g/mol. The van der Waals surface area contributed by atoms with Crippen molar-refractivity contribution in [2.24, 2.45) is 0 Å². The average Bonchev–Trinajstić information content (AvgIpc) is 1.97. The summed E-state index contributed by atoms with van der Waals surface area (Å²) in [5, 5.41) is 0. The fourth-order valence-electron chi connectivity index (χ4n) is 2.46. The molecule has 0 fully saturated rings. The first-order valence-electron chi connectivity index (χ1n) is 5.03. The lowest BCUT2D eigenvalue weighted by molar-refractivity contribution is 0.448. The first-order chi connectivity index (χ1) is 5.89. The Labute approximate surface area is 84.0 Å². The second kappa shape index (κ2) is 4.71. The van der Waals surface area contributed by atoms with Crippen molar-refractivity contribution in [3.63, 3.8) is 0 Å². The van der Waals surface area contributed by atoms with Gasteiger partial charge in [-0.2, -0.15) is 0 Å². The van der Waals surface area contributed by atoms with Gasteiger partial charge < -0.3 is 4.43 Å². The summed E-state index contributed by atoms with van der Waals surface area (Å²) < 4.78 is 5.68. The van der Waals surface area contributed by atoms with E-state index in [2.05, 4.69) is 47.6 Å². The summed E-state index contributed by atoms with van der Waals surface area (Å²) in [5.41, 5.74) is 1.72. The van der Waals surface area contributed by atoms with Gasteiger partial charge in [0.15, 0.2) is 0 Å². The minimum atomic E-state index is -1.76. The maximum absolute atomic E-state index is 5.68. The Morgan fingerprint density at radius 1 is 0.923 bits per heavy atom. The van der Waals surface area contributed by atoms with Crippen LogP contribution in [0, 0.1) is 12.5 Å². The summed E-state index contributed by atoms with van der Waals surface area (Å²) in [6, 6.07) is 0. The Balaban J connectivity index is 4.96. The van der Waals surface area contributed by atoms with E-state index in [4.69, 9.17) is 10.8 Å². The van der Waals surface area contributed by atoms with E-state index >= 15 is 0 Å². The van der Waals surface area contributed by atoms with Crippen LogP contribution in [0.3, 0.4) is 0 Å². The Bertz CT molecular complexity index is 167. The first-order valence-corrected chi connectivity index (χ1v) is 7.17. The molecule has 0 aliphatic rings. The highest BCUT2D eigenvalue weighted by molar-refractivity contribution is 6.77. The fraction of sp³-hybridized carbons (Fsp3) is 0.818. The maximum Gasteiger partial charge on any atom is 0.272 e. The van der Waals surface area contributed by atoms with Gasteiger partial charge in [-0.15, -0.1) is 0 Å². The van der Waals surface area contributed by atoms with Crippen LogP contribution < -0.4 is 0 Å². The normalized spacial score (nSPS) is 12.3. The molecule has 0 amide bonds. The van der Waals surface area contributed by atoms with Gasteiger partial charge in [0.05, 0.1) is 6.11 Å². The number of hydrogen-bond donors (Lipinski definition) is 0. The Kier molecular flexibility index (Phi) is 4.56. The van der Waals surface area contributed by atoms with Crippen LogP contribution in [0.15, 0.2) is 0 Å². The van der Waals surface area contributed by atoms with Crippen LogP contribution in [-0.2, 0) is 4.43 Å². The lowest BCUT2D eigenvalue weighted by atomic mass is 10.5. The van der Waals surface area contributed by atoms with Gasteiger partial charge >= 0.3 is 0 Å². The second-order valence-corrected chi connectivity index (χ2v) is 9.91. The highest BCUT2D eigenvalue weighted by Crippen LogP contribution is 2.41. The molecule has 0 aliphatic heterocycles. The predicted octanol–water partition coefficient (Wildman–Crippen LogP) is 3.77. The summed E-state index contributed by atoms with van der Waals surface area (Å²) in [6.07, 6.45) is 7.70. The van der Waals surface area contributed by atoms with Crippen LogP contribution in [-0.4, -0.2) is 8.32 Å². The van der Waals surface area contributed by atoms with E-state index in [0.717, 1.165) is 0 Å². The number of rotatable bonds is 4. The van der Waals surface area contributed by atoms with Crippen molar-refractivity contribution in [2.75, 3.05) is 0 Å². The van der Waals surface area contributed by atoms with Crippen LogP contribution in [0.4, 0.5) is 0 Å². The third-order valence-electron chi connectivity index (χ3n) is 2.94. The van der Waals surface area contributed by atoms with Crippen LogP contribution >= 0.6 is 0 Å². The molecule has 0 unspecified atom stereocenters. The van der Waals surface area contributed by atoms with E-state index in [-0.39, 0.29) is 0 Å². The summed E-state index contributed by atoms with van der Waals surface area (Å²) in [7, 11) is -1.76.